The molecule has 0 saturated carbocycles. The number of hydrogen-bond donors (Lipinski definition) is 1. The van der Waals surface area contributed by atoms with E-state index < -0.39 is 0 Å². The number of rotatable bonds is 3. The zero-order chi connectivity index (χ0) is 9.80. The van der Waals surface area contributed by atoms with Crippen molar-refractivity contribution in [1.29, 1.82) is 0 Å². The van der Waals surface area contributed by atoms with Crippen LogP contribution in [0.2, 0.25) is 0 Å². The van der Waals surface area contributed by atoms with Gasteiger partial charge in [0.05, 0.1) is 6.42 Å². The van der Waals surface area contributed by atoms with Crippen molar-refractivity contribution in [2.75, 3.05) is 0 Å². The third-order valence-corrected chi connectivity index (χ3v) is 1.71. The van der Waals surface area contributed by atoms with Crippen molar-refractivity contribution < 1.29 is 9.63 Å². The summed E-state index contributed by atoms with van der Waals surface area (Å²) in [7, 11) is 0. The second-order valence-corrected chi connectivity index (χ2v) is 2.76. The third kappa shape index (κ3) is 1.94. The molecule has 0 amide bonds. The summed E-state index contributed by atoms with van der Waals surface area (Å²) < 4.78 is 4.75. The van der Waals surface area contributed by atoms with E-state index in [0.29, 0.717) is 12.2 Å². The Morgan fingerprint density at radius 1 is 1.36 bits per heavy atom. The summed E-state index contributed by atoms with van der Waals surface area (Å²) in [5, 5.41) is 12.4. The van der Waals surface area contributed by atoms with Gasteiger partial charge in [0.1, 0.15) is 6.61 Å². The van der Waals surface area contributed by atoms with E-state index in [2.05, 4.69) is 15.1 Å². The van der Waals surface area contributed by atoms with Crippen LogP contribution in [0.25, 0.3) is 0 Å². The summed E-state index contributed by atoms with van der Waals surface area (Å²) in [5.74, 6) is 0.767. The average Bonchev–Trinajstić information content (AvgIpc) is 2.67. The highest BCUT2D eigenvalue weighted by Gasteiger charge is 2.05. The van der Waals surface area contributed by atoms with Gasteiger partial charge in [-0.1, -0.05) is 11.2 Å². The molecule has 0 aliphatic carbocycles. The van der Waals surface area contributed by atoms with Gasteiger partial charge in [0.15, 0.2) is 5.82 Å². The molecule has 2 aromatic rings. The zero-order valence-corrected chi connectivity index (χ0v) is 7.42. The lowest BCUT2D eigenvalue weighted by molar-refractivity contribution is 0.222. The van der Waals surface area contributed by atoms with Crippen molar-refractivity contribution in [3.05, 3.63) is 41.8 Å². The van der Waals surface area contributed by atoms with E-state index in [4.69, 9.17) is 9.63 Å². The number of aromatic nitrogens is 3. The molecule has 2 heterocycles. The molecular formula is C9H9N3O2. The summed E-state index contributed by atoms with van der Waals surface area (Å²) >= 11 is 0. The Labute approximate surface area is 80.4 Å². The first-order valence-electron chi connectivity index (χ1n) is 4.20. The fourth-order valence-electron chi connectivity index (χ4n) is 1.09. The standard InChI is InChI=1S/C9H9N3O2/c13-6-9-11-8(12-14-9)5-7-3-1-2-4-10-7/h1-4,13H,5-6H2. The van der Waals surface area contributed by atoms with Crippen molar-refractivity contribution in [3.8, 4) is 0 Å². The lowest BCUT2D eigenvalue weighted by Gasteiger charge is -1.92. The van der Waals surface area contributed by atoms with E-state index in [1.54, 1.807) is 6.20 Å². The van der Waals surface area contributed by atoms with Crippen LogP contribution in [0.15, 0.2) is 28.9 Å². The molecule has 2 aromatic heterocycles. The molecule has 0 unspecified atom stereocenters. The van der Waals surface area contributed by atoms with Gasteiger partial charge in [-0.2, -0.15) is 4.98 Å². The molecule has 0 atom stereocenters. The van der Waals surface area contributed by atoms with E-state index in [9.17, 15) is 0 Å². The van der Waals surface area contributed by atoms with Gasteiger partial charge in [-0.3, -0.25) is 4.98 Å². The monoisotopic (exact) mass is 191 g/mol. The Hall–Kier alpha value is -1.75. The average molecular weight is 191 g/mol. The smallest absolute Gasteiger partial charge is 0.252 e. The minimum Gasteiger partial charge on any atom is -0.387 e. The first-order chi connectivity index (χ1) is 6.88. The van der Waals surface area contributed by atoms with Gasteiger partial charge in [0.25, 0.3) is 5.89 Å². The largest absolute Gasteiger partial charge is 0.387 e. The molecule has 72 valence electrons. The number of pyridine rings is 1. The zero-order valence-electron chi connectivity index (χ0n) is 7.42. The highest BCUT2D eigenvalue weighted by atomic mass is 16.5. The van der Waals surface area contributed by atoms with Crippen molar-refractivity contribution in [1.82, 2.24) is 15.1 Å². The minimum atomic E-state index is -0.227. The van der Waals surface area contributed by atoms with Gasteiger partial charge >= 0.3 is 0 Å². The molecule has 1 N–H and O–H groups in total. The lowest BCUT2D eigenvalue weighted by atomic mass is 10.3. The maximum atomic E-state index is 8.71. The highest BCUT2D eigenvalue weighted by molar-refractivity contribution is 5.08. The van der Waals surface area contributed by atoms with Crippen LogP contribution < -0.4 is 0 Å². The maximum absolute atomic E-state index is 8.71. The molecule has 5 heteroatoms. The maximum Gasteiger partial charge on any atom is 0.252 e. The molecule has 0 spiro atoms. The number of aliphatic hydroxyl groups is 1. The van der Waals surface area contributed by atoms with Gasteiger partial charge < -0.3 is 9.63 Å². The quantitative estimate of drug-likeness (QED) is 0.766. The summed E-state index contributed by atoms with van der Waals surface area (Å²) in [6, 6.07) is 5.63. The predicted molar refractivity (Wildman–Crippen MR) is 47.3 cm³/mol. The van der Waals surface area contributed by atoms with Gasteiger partial charge in [-0.05, 0) is 12.1 Å². The van der Waals surface area contributed by atoms with Gasteiger partial charge in [0, 0.05) is 11.9 Å². The predicted octanol–water partition coefficient (Wildman–Crippen LogP) is 0.548. The van der Waals surface area contributed by atoms with Crippen molar-refractivity contribution in [2.24, 2.45) is 0 Å². The van der Waals surface area contributed by atoms with Gasteiger partial charge in [-0.15, -0.1) is 0 Å². The molecule has 0 aliphatic rings. The lowest BCUT2D eigenvalue weighted by Crippen LogP contribution is -1.93. The van der Waals surface area contributed by atoms with Gasteiger partial charge in [-0.25, -0.2) is 0 Å². The molecule has 5 nitrogen and oxygen atoms in total. The Morgan fingerprint density at radius 3 is 2.93 bits per heavy atom. The Balaban J connectivity index is 2.11. The van der Waals surface area contributed by atoms with Crippen LogP contribution in [0.3, 0.4) is 0 Å². The Kier molecular flexibility index (Phi) is 2.51. The highest BCUT2D eigenvalue weighted by Crippen LogP contribution is 2.03. The summed E-state index contributed by atoms with van der Waals surface area (Å²) in [6.45, 7) is -0.227. The van der Waals surface area contributed by atoms with E-state index in [-0.39, 0.29) is 12.5 Å². The van der Waals surface area contributed by atoms with Crippen LogP contribution in [-0.4, -0.2) is 20.2 Å². The fourth-order valence-corrected chi connectivity index (χ4v) is 1.09. The number of nitrogens with zero attached hydrogens (tertiary/aromatic N) is 3. The number of hydrogen-bond acceptors (Lipinski definition) is 5. The van der Waals surface area contributed by atoms with Gasteiger partial charge in [0.2, 0.25) is 0 Å². The van der Waals surface area contributed by atoms with Crippen LogP contribution in [0.4, 0.5) is 0 Å². The van der Waals surface area contributed by atoms with Crippen molar-refractivity contribution in [2.45, 2.75) is 13.0 Å². The molecule has 0 aliphatic heterocycles. The van der Waals surface area contributed by atoms with Crippen LogP contribution in [0.5, 0.6) is 0 Å². The minimum absolute atomic E-state index is 0.227. The normalized spacial score (nSPS) is 10.4. The third-order valence-electron chi connectivity index (χ3n) is 1.71. The van der Waals surface area contributed by atoms with Crippen LogP contribution in [0.1, 0.15) is 17.4 Å². The second-order valence-electron chi connectivity index (χ2n) is 2.76. The Bertz CT molecular complexity index is 399. The molecule has 0 saturated heterocycles. The van der Waals surface area contributed by atoms with Crippen LogP contribution >= 0.6 is 0 Å². The van der Waals surface area contributed by atoms with Crippen LogP contribution in [-0.2, 0) is 13.0 Å². The first kappa shape index (κ1) is 8.83. The molecule has 14 heavy (non-hydrogen) atoms. The summed E-state index contributed by atoms with van der Waals surface area (Å²) in [5.41, 5.74) is 0.873. The van der Waals surface area contributed by atoms with E-state index in [1.807, 2.05) is 18.2 Å². The molecule has 0 bridgehead atoms. The van der Waals surface area contributed by atoms with Crippen molar-refractivity contribution >= 4 is 0 Å². The Morgan fingerprint density at radius 2 is 2.29 bits per heavy atom. The summed E-state index contributed by atoms with van der Waals surface area (Å²) in [4.78, 5) is 8.08. The second kappa shape index (κ2) is 3.97. The number of aliphatic hydroxyl groups excluding tert-OH is 1. The van der Waals surface area contributed by atoms with Crippen molar-refractivity contribution in [3.63, 3.8) is 0 Å². The molecule has 2 rings (SSSR count). The first-order valence-corrected chi connectivity index (χ1v) is 4.20. The topological polar surface area (TPSA) is 72.0 Å². The van der Waals surface area contributed by atoms with E-state index in [0.717, 1.165) is 5.69 Å². The van der Waals surface area contributed by atoms with Crippen LogP contribution in [0, 0.1) is 0 Å². The molecule has 0 aromatic carbocycles. The summed E-state index contributed by atoms with van der Waals surface area (Å²) in [6.07, 6.45) is 2.23. The fraction of sp³-hybridized carbons (Fsp3) is 0.222. The SMILES string of the molecule is OCc1nc(Cc2ccccn2)no1. The molecule has 0 fully saturated rings. The molecule has 0 radical (unpaired) electrons. The van der Waals surface area contributed by atoms with E-state index in [1.165, 1.54) is 0 Å². The van der Waals surface area contributed by atoms with E-state index >= 15 is 0 Å². The molecular weight excluding hydrogens is 182 g/mol.